The lowest BCUT2D eigenvalue weighted by molar-refractivity contribution is 0.568. The smallest absolute Gasteiger partial charge is 0.0401 e. The Kier molecular flexibility index (Phi) is 5.86. The Morgan fingerprint density at radius 1 is 1.11 bits per heavy atom. The number of aryl methyl sites for hydroxylation is 1. The number of nitrogens with two attached hydrogens (primary N) is 1. The summed E-state index contributed by atoms with van der Waals surface area (Å²) in [6.45, 7) is 14.4. The Bertz CT molecular complexity index is 394. The van der Waals surface area contributed by atoms with Crippen LogP contribution in [0.15, 0.2) is 18.2 Å². The van der Waals surface area contributed by atoms with Crippen molar-refractivity contribution in [1.82, 2.24) is 0 Å². The number of nitrogens with zero attached hydrogens (tertiary/aromatic N) is 1. The Hall–Kier alpha value is -1.02. The highest BCUT2D eigenvalue weighted by atomic mass is 15.2. The van der Waals surface area contributed by atoms with Gasteiger partial charge in [-0.25, -0.2) is 0 Å². The van der Waals surface area contributed by atoms with Crippen LogP contribution in [0.1, 0.15) is 45.7 Å². The van der Waals surface area contributed by atoms with E-state index in [9.17, 15) is 0 Å². The van der Waals surface area contributed by atoms with Gasteiger partial charge in [0.2, 0.25) is 0 Å². The SMILES string of the molecule is Cc1ccc(N(CC(C)C)C(C)C)c(CC(C)N)c1. The Balaban J connectivity index is 3.13. The van der Waals surface area contributed by atoms with Gasteiger partial charge < -0.3 is 10.6 Å². The molecule has 0 saturated carbocycles. The van der Waals surface area contributed by atoms with E-state index in [0.29, 0.717) is 12.0 Å². The molecule has 1 aromatic rings. The van der Waals surface area contributed by atoms with Crippen LogP contribution < -0.4 is 10.6 Å². The fourth-order valence-corrected chi connectivity index (χ4v) is 2.49. The van der Waals surface area contributed by atoms with Crippen molar-refractivity contribution in [3.05, 3.63) is 29.3 Å². The molecule has 0 aliphatic heterocycles. The predicted octanol–water partition coefficient (Wildman–Crippen LogP) is 3.76. The van der Waals surface area contributed by atoms with Gasteiger partial charge in [0.25, 0.3) is 0 Å². The molecule has 0 saturated heterocycles. The highest BCUT2D eigenvalue weighted by Crippen LogP contribution is 2.26. The molecule has 0 amide bonds. The van der Waals surface area contributed by atoms with Crippen LogP contribution in [0.25, 0.3) is 0 Å². The van der Waals surface area contributed by atoms with E-state index in [-0.39, 0.29) is 6.04 Å². The normalized spacial score (nSPS) is 13.1. The zero-order valence-corrected chi connectivity index (χ0v) is 13.4. The predicted molar refractivity (Wildman–Crippen MR) is 85.9 cm³/mol. The molecule has 2 heteroatoms. The van der Waals surface area contributed by atoms with Gasteiger partial charge in [-0.2, -0.15) is 0 Å². The van der Waals surface area contributed by atoms with E-state index in [4.69, 9.17) is 5.73 Å². The second-order valence-corrected chi connectivity index (χ2v) is 6.45. The van der Waals surface area contributed by atoms with Gasteiger partial charge in [-0.15, -0.1) is 0 Å². The van der Waals surface area contributed by atoms with Crippen LogP contribution in [0, 0.1) is 12.8 Å². The van der Waals surface area contributed by atoms with Crippen molar-refractivity contribution in [2.45, 2.75) is 60.0 Å². The molecule has 0 radical (unpaired) electrons. The zero-order valence-electron chi connectivity index (χ0n) is 13.4. The maximum Gasteiger partial charge on any atom is 0.0401 e. The first-order valence-corrected chi connectivity index (χ1v) is 7.43. The molecule has 0 heterocycles. The Morgan fingerprint density at radius 3 is 2.21 bits per heavy atom. The summed E-state index contributed by atoms with van der Waals surface area (Å²) in [6.07, 6.45) is 0.943. The lowest BCUT2D eigenvalue weighted by Crippen LogP contribution is -2.35. The monoisotopic (exact) mass is 262 g/mol. The molecule has 108 valence electrons. The quantitative estimate of drug-likeness (QED) is 0.846. The molecule has 2 N–H and O–H groups in total. The lowest BCUT2D eigenvalue weighted by atomic mass is 10.0. The standard InChI is InChI=1S/C17H30N2/c1-12(2)11-19(13(3)4)17-8-7-14(5)9-16(17)10-15(6)18/h7-9,12-13,15H,10-11,18H2,1-6H3. The molecule has 0 bridgehead atoms. The summed E-state index contributed by atoms with van der Waals surface area (Å²) in [5.41, 5.74) is 10.0. The van der Waals surface area contributed by atoms with Gasteiger partial charge in [0.05, 0.1) is 0 Å². The summed E-state index contributed by atoms with van der Waals surface area (Å²) in [4.78, 5) is 2.50. The van der Waals surface area contributed by atoms with Gasteiger partial charge in [0.1, 0.15) is 0 Å². The largest absolute Gasteiger partial charge is 0.369 e. The number of benzene rings is 1. The van der Waals surface area contributed by atoms with Gasteiger partial charge in [-0.1, -0.05) is 31.5 Å². The minimum atomic E-state index is 0.202. The van der Waals surface area contributed by atoms with E-state index in [1.807, 2.05) is 0 Å². The van der Waals surface area contributed by atoms with E-state index < -0.39 is 0 Å². The molecule has 0 aliphatic carbocycles. The van der Waals surface area contributed by atoms with E-state index in [1.54, 1.807) is 0 Å². The summed E-state index contributed by atoms with van der Waals surface area (Å²) in [7, 11) is 0. The average Bonchev–Trinajstić information content (AvgIpc) is 2.25. The zero-order chi connectivity index (χ0) is 14.6. The first-order chi connectivity index (χ1) is 8.81. The van der Waals surface area contributed by atoms with Crippen molar-refractivity contribution in [2.75, 3.05) is 11.4 Å². The highest BCUT2D eigenvalue weighted by Gasteiger charge is 2.16. The molecule has 1 aromatic carbocycles. The van der Waals surface area contributed by atoms with Crippen LogP contribution in [-0.4, -0.2) is 18.6 Å². The maximum absolute atomic E-state index is 6.00. The van der Waals surface area contributed by atoms with Crippen molar-refractivity contribution < 1.29 is 0 Å². The van der Waals surface area contributed by atoms with E-state index >= 15 is 0 Å². The van der Waals surface area contributed by atoms with Gasteiger partial charge >= 0.3 is 0 Å². The third kappa shape index (κ3) is 4.87. The first-order valence-electron chi connectivity index (χ1n) is 7.43. The second kappa shape index (κ2) is 6.95. The summed E-state index contributed by atoms with van der Waals surface area (Å²) < 4.78 is 0. The molecular formula is C17H30N2. The molecule has 0 fully saturated rings. The minimum Gasteiger partial charge on any atom is -0.369 e. The minimum absolute atomic E-state index is 0.202. The van der Waals surface area contributed by atoms with Gasteiger partial charge in [-0.3, -0.25) is 0 Å². The second-order valence-electron chi connectivity index (χ2n) is 6.45. The molecule has 0 aromatic heterocycles. The maximum atomic E-state index is 6.00. The van der Waals surface area contributed by atoms with Crippen LogP contribution in [0.5, 0.6) is 0 Å². The van der Waals surface area contributed by atoms with Crippen molar-refractivity contribution in [3.8, 4) is 0 Å². The van der Waals surface area contributed by atoms with Gasteiger partial charge in [0.15, 0.2) is 0 Å². The van der Waals surface area contributed by atoms with Crippen molar-refractivity contribution in [3.63, 3.8) is 0 Å². The van der Waals surface area contributed by atoms with Gasteiger partial charge in [-0.05, 0) is 51.7 Å². The lowest BCUT2D eigenvalue weighted by Gasteiger charge is -2.33. The fraction of sp³-hybridized carbons (Fsp3) is 0.647. The third-order valence-electron chi connectivity index (χ3n) is 3.27. The molecular weight excluding hydrogens is 232 g/mol. The van der Waals surface area contributed by atoms with E-state index in [0.717, 1.165) is 13.0 Å². The summed E-state index contributed by atoms with van der Waals surface area (Å²) in [5.74, 6) is 0.659. The van der Waals surface area contributed by atoms with Crippen LogP contribution >= 0.6 is 0 Å². The summed E-state index contributed by atoms with van der Waals surface area (Å²) in [6, 6.07) is 7.46. The van der Waals surface area contributed by atoms with E-state index in [2.05, 4.69) is 64.6 Å². The van der Waals surface area contributed by atoms with Crippen molar-refractivity contribution in [2.24, 2.45) is 11.7 Å². The van der Waals surface area contributed by atoms with E-state index in [1.165, 1.54) is 16.8 Å². The summed E-state index contributed by atoms with van der Waals surface area (Å²) >= 11 is 0. The Labute approximate surface area is 119 Å². The molecule has 0 spiro atoms. The third-order valence-corrected chi connectivity index (χ3v) is 3.27. The van der Waals surface area contributed by atoms with Crippen LogP contribution in [-0.2, 0) is 6.42 Å². The number of hydrogen-bond acceptors (Lipinski definition) is 2. The first kappa shape index (κ1) is 16.0. The molecule has 2 nitrogen and oxygen atoms in total. The molecule has 1 atom stereocenters. The van der Waals surface area contributed by atoms with Crippen LogP contribution in [0.4, 0.5) is 5.69 Å². The average molecular weight is 262 g/mol. The summed E-state index contributed by atoms with van der Waals surface area (Å²) in [5, 5.41) is 0. The number of anilines is 1. The number of hydrogen-bond donors (Lipinski definition) is 1. The Morgan fingerprint density at radius 2 is 1.74 bits per heavy atom. The van der Waals surface area contributed by atoms with Crippen LogP contribution in [0.3, 0.4) is 0 Å². The van der Waals surface area contributed by atoms with Crippen molar-refractivity contribution >= 4 is 5.69 Å². The molecule has 19 heavy (non-hydrogen) atoms. The fourth-order valence-electron chi connectivity index (χ4n) is 2.49. The van der Waals surface area contributed by atoms with Crippen molar-refractivity contribution in [1.29, 1.82) is 0 Å². The topological polar surface area (TPSA) is 29.3 Å². The molecule has 1 unspecified atom stereocenters. The number of rotatable bonds is 6. The highest BCUT2D eigenvalue weighted by molar-refractivity contribution is 5.56. The molecule has 1 rings (SSSR count). The molecule has 0 aliphatic rings. The van der Waals surface area contributed by atoms with Crippen LogP contribution in [0.2, 0.25) is 0 Å². The van der Waals surface area contributed by atoms with Gasteiger partial charge in [0, 0.05) is 24.3 Å².